The number of aromatic nitrogens is 4. The molecule has 0 aliphatic heterocycles. The van der Waals surface area contributed by atoms with E-state index < -0.39 is 0 Å². The van der Waals surface area contributed by atoms with Gasteiger partial charge in [0, 0.05) is 6.54 Å². The van der Waals surface area contributed by atoms with Crippen LogP contribution in [0.25, 0.3) is 5.82 Å². The first-order valence-electron chi connectivity index (χ1n) is 6.22. The quantitative estimate of drug-likeness (QED) is 0.798. The van der Waals surface area contributed by atoms with Gasteiger partial charge in [0.25, 0.3) is 0 Å². The molecule has 0 radical (unpaired) electrons. The minimum atomic E-state index is 0.552. The summed E-state index contributed by atoms with van der Waals surface area (Å²) in [5.41, 5.74) is 1.82. The van der Waals surface area contributed by atoms with Crippen molar-refractivity contribution in [1.82, 2.24) is 19.7 Å². The van der Waals surface area contributed by atoms with Gasteiger partial charge in [-0.1, -0.05) is 35.3 Å². The predicted molar refractivity (Wildman–Crippen MR) is 82.9 cm³/mol. The third-order valence-electron chi connectivity index (χ3n) is 2.92. The van der Waals surface area contributed by atoms with Gasteiger partial charge in [0.05, 0.1) is 21.9 Å². The molecular formula is C14H11Cl2N5. The maximum absolute atomic E-state index is 6.15. The lowest BCUT2D eigenvalue weighted by Crippen LogP contribution is -2.02. The van der Waals surface area contributed by atoms with Crippen molar-refractivity contribution < 1.29 is 0 Å². The van der Waals surface area contributed by atoms with E-state index in [1.54, 1.807) is 23.3 Å². The number of nitrogens with zero attached hydrogens (tertiary/aromatic N) is 4. The average molecular weight is 320 g/mol. The summed E-state index contributed by atoms with van der Waals surface area (Å²) in [5, 5.41) is 8.39. The molecule has 1 aromatic carbocycles. The Hall–Kier alpha value is -2.11. The standard InChI is InChI=1S/C14H11Cl2N5/c15-12-3-1-2-10(14(12)16)6-18-11-4-5-13(19-7-11)21-9-17-8-20-21/h1-5,7-9,18H,6H2. The zero-order valence-electron chi connectivity index (χ0n) is 10.9. The number of rotatable bonds is 4. The second kappa shape index (κ2) is 6.11. The molecule has 3 aromatic rings. The Labute approximate surface area is 131 Å². The largest absolute Gasteiger partial charge is 0.380 e. The van der Waals surface area contributed by atoms with Crippen LogP contribution in [-0.2, 0) is 6.54 Å². The van der Waals surface area contributed by atoms with E-state index in [-0.39, 0.29) is 0 Å². The summed E-state index contributed by atoms with van der Waals surface area (Å²) in [6.07, 6.45) is 4.80. The van der Waals surface area contributed by atoms with E-state index in [4.69, 9.17) is 23.2 Å². The van der Waals surface area contributed by atoms with E-state index in [1.807, 2.05) is 24.3 Å². The van der Waals surface area contributed by atoms with Gasteiger partial charge in [-0.25, -0.2) is 14.6 Å². The lowest BCUT2D eigenvalue weighted by molar-refractivity contribution is 0.845. The number of hydrogen-bond acceptors (Lipinski definition) is 4. The molecule has 2 heterocycles. The highest BCUT2D eigenvalue weighted by Crippen LogP contribution is 2.26. The fourth-order valence-corrected chi connectivity index (χ4v) is 2.22. The number of pyridine rings is 1. The van der Waals surface area contributed by atoms with E-state index in [9.17, 15) is 0 Å². The molecule has 106 valence electrons. The third-order valence-corrected chi connectivity index (χ3v) is 3.77. The number of nitrogens with one attached hydrogen (secondary N) is 1. The van der Waals surface area contributed by atoms with Crippen LogP contribution < -0.4 is 5.32 Å². The van der Waals surface area contributed by atoms with Crippen molar-refractivity contribution in [2.24, 2.45) is 0 Å². The molecular weight excluding hydrogens is 309 g/mol. The molecule has 0 aliphatic carbocycles. The Bertz CT molecular complexity index is 726. The lowest BCUT2D eigenvalue weighted by Gasteiger charge is -2.09. The van der Waals surface area contributed by atoms with Crippen molar-refractivity contribution >= 4 is 28.9 Å². The van der Waals surface area contributed by atoms with E-state index in [2.05, 4.69) is 20.4 Å². The summed E-state index contributed by atoms with van der Waals surface area (Å²) in [5.74, 6) is 0.707. The van der Waals surface area contributed by atoms with Crippen LogP contribution in [0.5, 0.6) is 0 Å². The van der Waals surface area contributed by atoms with Crippen molar-refractivity contribution in [2.75, 3.05) is 5.32 Å². The third kappa shape index (κ3) is 3.15. The molecule has 0 saturated heterocycles. The number of hydrogen-bond donors (Lipinski definition) is 1. The van der Waals surface area contributed by atoms with Gasteiger partial charge in [0.1, 0.15) is 12.7 Å². The fourth-order valence-electron chi connectivity index (χ4n) is 1.83. The second-order valence-corrected chi connectivity index (χ2v) is 5.10. The first-order chi connectivity index (χ1) is 10.2. The fraction of sp³-hybridized carbons (Fsp3) is 0.0714. The molecule has 21 heavy (non-hydrogen) atoms. The Morgan fingerprint density at radius 2 is 2.05 bits per heavy atom. The Morgan fingerprint density at radius 3 is 2.76 bits per heavy atom. The highest BCUT2D eigenvalue weighted by atomic mass is 35.5. The van der Waals surface area contributed by atoms with Gasteiger partial charge in [-0.15, -0.1) is 0 Å². The van der Waals surface area contributed by atoms with Crippen LogP contribution in [0.3, 0.4) is 0 Å². The van der Waals surface area contributed by atoms with Crippen molar-refractivity contribution in [3.8, 4) is 5.82 Å². The zero-order valence-corrected chi connectivity index (χ0v) is 12.4. The van der Waals surface area contributed by atoms with Crippen molar-refractivity contribution in [3.63, 3.8) is 0 Å². The maximum atomic E-state index is 6.15. The van der Waals surface area contributed by atoms with Gasteiger partial charge in [-0.05, 0) is 23.8 Å². The molecule has 0 amide bonds. The van der Waals surface area contributed by atoms with Crippen molar-refractivity contribution in [2.45, 2.75) is 6.54 Å². The van der Waals surface area contributed by atoms with Crippen molar-refractivity contribution in [1.29, 1.82) is 0 Å². The molecule has 1 N–H and O–H groups in total. The monoisotopic (exact) mass is 319 g/mol. The van der Waals surface area contributed by atoms with Gasteiger partial charge in [0.2, 0.25) is 0 Å². The van der Waals surface area contributed by atoms with Gasteiger partial charge < -0.3 is 5.32 Å². The van der Waals surface area contributed by atoms with Crippen LogP contribution in [0.15, 0.2) is 49.2 Å². The zero-order chi connectivity index (χ0) is 14.7. The molecule has 3 rings (SSSR count). The number of halogens is 2. The predicted octanol–water partition coefficient (Wildman–Crippen LogP) is 3.58. The normalized spacial score (nSPS) is 10.6. The summed E-state index contributed by atoms with van der Waals surface area (Å²) in [7, 11) is 0. The number of anilines is 1. The van der Waals surface area contributed by atoms with Gasteiger partial charge in [-0.3, -0.25) is 0 Å². The van der Waals surface area contributed by atoms with Crippen LogP contribution in [0, 0.1) is 0 Å². The summed E-state index contributed by atoms with van der Waals surface area (Å²) < 4.78 is 1.59. The second-order valence-electron chi connectivity index (χ2n) is 4.31. The molecule has 0 atom stereocenters. The highest BCUT2D eigenvalue weighted by Gasteiger charge is 2.04. The topological polar surface area (TPSA) is 55.6 Å². The van der Waals surface area contributed by atoms with Crippen LogP contribution in [-0.4, -0.2) is 19.7 Å². The minimum Gasteiger partial charge on any atom is -0.380 e. The van der Waals surface area contributed by atoms with Crippen LogP contribution in [0.2, 0.25) is 10.0 Å². The summed E-state index contributed by atoms with van der Waals surface area (Å²) in [4.78, 5) is 8.20. The van der Waals surface area contributed by atoms with E-state index in [1.165, 1.54) is 6.33 Å². The first-order valence-corrected chi connectivity index (χ1v) is 6.97. The first kappa shape index (κ1) is 13.9. The van der Waals surface area contributed by atoms with E-state index in [0.717, 1.165) is 11.3 Å². The van der Waals surface area contributed by atoms with Crippen LogP contribution in [0.1, 0.15) is 5.56 Å². The molecule has 0 aliphatic rings. The van der Waals surface area contributed by atoms with Gasteiger partial charge in [0.15, 0.2) is 5.82 Å². The summed E-state index contributed by atoms with van der Waals surface area (Å²) in [6, 6.07) is 9.34. The SMILES string of the molecule is Clc1cccc(CNc2ccc(-n3cncn3)nc2)c1Cl. The Kier molecular flexibility index (Phi) is 4.03. The van der Waals surface area contributed by atoms with Crippen molar-refractivity contribution in [3.05, 3.63) is 64.8 Å². The molecule has 0 fully saturated rings. The summed E-state index contributed by atoms with van der Waals surface area (Å²) >= 11 is 12.1. The maximum Gasteiger partial charge on any atom is 0.155 e. The van der Waals surface area contributed by atoms with Gasteiger partial charge >= 0.3 is 0 Å². The van der Waals surface area contributed by atoms with E-state index >= 15 is 0 Å². The summed E-state index contributed by atoms with van der Waals surface area (Å²) in [6.45, 7) is 0.573. The Balaban J connectivity index is 1.70. The number of benzene rings is 1. The molecule has 0 spiro atoms. The van der Waals surface area contributed by atoms with Gasteiger partial charge in [-0.2, -0.15) is 5.10 Å². The molecule has 0 unspecified atom stereocenters. The lowest BCUT2D eigenvalue weighted by atomic mass is 10.2. The minimum absolute atomic E-state index is 0.552. The van der Waals surface area contributed by atoms with E-state index in [0.29, 0.717) is 22.4 Å². The molecule has 2 aromatic heterocycles. The highest BCUT2D eigenvalue weighted by molar-refractivity contribution is 6.42. The average Bonchev–Trinajstić information content (AvgIpc) is 3.04. The molecule has 0 saturated carbocycles. The molecule has 7 heteroatoms. The molecule has 0 bridgehead atoms. The molecule has 5 nitrogen and oxygen atoms in total. The smallest absolute Gasteiger partial charge is 0.155 e. The Morgan fingerprint density at radius 1 is 1.14 bits per heavy atom. The van der Waals surface area contributed by atoms with Crippen LogP contribution in [0.4, 0.5) is 5.69 Å². The van der Waals surface area contributed by atoms with Crippen LogP contribution >= 0.6 is 23.2 Å².